The lowest BCUT2D eigenvalue weighted by Crippen LogP contribution is -2.48. The predicted molar refractivity (Wildman–Crippen MR) is 68.3 cm³/mol. The number of hydrogen-bond acceptors (Lipinski definition) is 5. The minimum atomic E-state index is -2.90. The van der Waals surface area contributed by atoms with Gasteiger partial charge in [0, 0.05) is 12.6 Å². The van der Waals surface area contributed by atoms with Crippen molar-refractivity contribution >= 4 is 27.0 Å². The molecule has 2 rings (SSSR count). The van der Waals surface area contributed by atoms with Crippen LogP contribution in [-0.4, -0.2) is 49.7 Å². The largest absolute Gasteiger partial charge is 0.292 e. The smallest absolute Gasteiger partial charge is 0.186 e. The standard InChI is InChI=1S/C11H15NO3S2/c1-9-8-17(14,15)6-4-12(9)7-10(13)11-3-2-5-16-11/h2-3,5,9H,4,6-8H2,1H3. The molecule has 94 valence electrons. The van der Waals surface area contributed by atoms with Gasteiger partial charge in [0.2, 0.25) is 0 Å². The normalized spacial score (nSPS) is 24.6. The number of thiophene rings is 1. The Kier molecular flexibility index (Phi) is 3.65. The van der Waals surface area contributed by atoms with Gasteiger partial charge < -0.3 is 0 Å². The molecule has 1 aliphatic heterocycles. The summed E-state index contributed by atoms with van der Waals surface area (Å²) in [6, 6.07) is 3.58. The van der Waals surface area contributed by atoms with Crippen LogP contribution in [0.5, 0.6) is 0 Å². The van der Waals surface area contributed by atoms with Crippen molar-refractivity contribution in [2.45, 2.75) is 13.0 Å². The summed E-state index contributed by atoms with van der Waals surface area (Å²) in [6.07, 6.45) is 0. The van der Waals surface area contributed by atoms with E-state index in [0.29, 0.717) is 13.1 Å². The highest BCUT2D eigenvalue weighted by molar-refractivity contribution is 7.91. The maximum absolute atomic E-state index is 11.9. The second-order valence-electron chi connectivity index (χ2n) is 4.33. The number of carbonyl (C=O) groups excluding carboxylic acids is 1. The van der Waals surface area contributed by atoms with Crippen LogP contribution in [0.25, 0.3) is 0 Å². The maximum Gasteiger partial charge on any atom is 0.186 e. The van der Waals surface area contributed by atoms with Crippen molar-refractivity contribution in [3.05, 3.63) is 22.4 Å². The zero-order valence-electron chi connectivity index (χ0n) is 9.63. The van der Waals surface area contributed by atoms with Crippen molar-refractivity contribution in [2.24, 2.45) is 0 Å². The van der Waals surface area contributed by atoms with E-state index in [1.54, 1.807) is 6.07 Å². The lowest BCUT2D eigenvalue weighted by Gasteiger charge is -2.32. The number of sulfone groups is 1. The third-order valence-corrected chi connectivity index (χ3v) is 5.66. The highest BCUT2D eigenvalue weighted by Gasteiger charge is 2.29. The van der Waals surface area contributed by atoms with Gasteiger partial charge in [-0.2, -0.15) is 0 Å². The van der Waals surface area contributed by atoms with Gasteiger partial charge in [-0.05, 0) is 18.4 Å². The second kappa shape index (κ2) is 4.88. The summed E-state index contributed by atoms with van der Waals surface area (Å²) in [6.45, 7) is 2.64. The van der Waals surface area contributed by atoms with E-state index < -0.39 is 9.84 Å². The van der Waals surface area contributed by atoms with E-state index in [1.807, 2.05) is 23.3 Å². The van der Waals surface area contributed by atoms with Gasteiger partial charge in [-0.3, -0.25) is 9.69 Å². The summed E-state index contributed by atoms with van der Waals surface area (Å²) in [4.78, 5) is 14.6. The van der Waals surface area contributed by atoms with Gasteiger partial charge in [0.05, 0.1) is 22.9 Å². The summed E-state index contributed by atoms with van der Waals surface area (Å²) in [5.74, 6) is 0.394. The molecule has 0 amide bonds. The molecular weight excluding hydrogens is 258 g/mol. The van der Waals surface area contributed by atoms with Crippen LogP contribution >= 0.6 is 11.3 Å². The van der Waals surface area contributed by atoms with Crippen LogP contribution in [0.15, 0.2) is 17.5 Å². The Morgan fingerprint density at radius 1 is 1.59 bits per heavy atom. The number of ketones is 1. The number of Topliss-reactive ketones (excluding diaryl/α,β-unsaturated/α-hetero) is 1. The Labute approximate surface area is 105 Å². The number of hydrogen-bond donors (Lipinski definition) is 0. The van der Waals surface area contributed by atoms with E-state index in [4.69, 9.17) is 0 Å². The van der Waals surface area contributed by atoms with E-state index in [9.17, 15) is 13.2 Å². The first kappa shape index (κ1) is 12.7. The zero-order chi connectivity index (χ0) is 12.5. The molecule has 0 N–H and O–H groups in total. The molecule has 1 aromatic rings. The minimum Gasteiger partial charge on any atom is -0.292 e. The first-order valence-electron chi connectivity index (χ1n) is 5.49. The van der Waals surface area contributed by atoms with Crippen molar-refractivity contribution in [2.75, 3.05) is 24.6 Å². The molecule has 0 bridgehead atoms. The average Bonchev–Trinajstić information content (AvgIpc) is 2.74. The Morgan fingerprint density at radius 3 is 2.94 bits per heavy atom. The number of rotatable bonds is 3. The van der Waals surface area contributed by atoms with Gasteiger partial charge in [-0.1, -0.05) is 6.07 Å². The molecule has 0 saturated carbocycles. The molecule has 2 heterocycles. The van der Waals surface area contributed by atoms with Gasteiger partial charge in [0.25, 0.3) is 0 Å². The molecule has 1 unspecified atom stereocenters. The Hall–Kier alpha value is -0.720. The molecule has 1 aliphatic rings. The molecular formula is C11H15NO3S2. The fraction of sp³-hybridized carbons (Fsp3) is 0.545. The number of carbonyl (C=O) groups is 1. The first-order chi connectivity index (χ1) is 7.98. The summed E-state index contributed by atoms with van der Waals surface area (Å²) >= 11 is 1.43. The molecule has 0 aliphatic carbocycles. The minimum absolute atomic E-state index is 0.0716. The summed E-state index contributed by atoms with van der Waals surface area (Å²) in [7, 11) is -2.90. The van der Waals surface area contributed by atoms with Crippen LogP contribution in [0.3, 0.4) is 0 Å². The third kappa shape index (κ3) is 3.14. The summed E-state index contributed by atoms with van der Waals surface area (Å²) < 4.78 is 22.8. The van der Waals surface area contributed by atoms with E-state index in [2.05, 4.69) is 0 Å². The van der Waals surface area contributed by atoms with E-state index in [0.717, 1.165) is 4.88 Å². The van der Waals surface area contributed by atoms with Crippen LogP contribution in [0.1, 0.15) is 16.6 Å². The van der Waals surface area contributed by atoms with E-state index >= 15 is 0 Å². The van der Waals surface area contributed by atoms with Gasteiger partial charge >= 0.3 is 0 Å². The Balaban J connectivity index is 1.99. The van der Waals surface area contributed by atoms with Gasteiger partial charge in [-0.25, -0.2) is 8.42 Å². The second-order valence-corrected chi connectivity index (χ2v) is 7.51. The van der Waals surface area contributed by atoms with Gasteiger partial charge in [0.1, 0.15) is 0 Å². The van der Waals surface area contributed by atoms with Crippen LogP contribution in [0.4, 0.5) is 0 Å². The Morgan fingerprint density at radius 2 is 2.35 bits per heavy atom. The van der Waals surface area contributed by atoms with Gasteiger partial charge in [0.15, 0.2) is 15.6 Å². The lowest BCUT2D eigenvalue weighted by molar-refractivity contribution is 0.0912. The van der Waals surface area contributed by atoms with Gasteiger partial charge in [-0.15, -0.1) is 11.3 Å². The zero-order valence-corrected chi connectivity index (χ0v) is 11.3. The SMILES string of the molecule is CC1CS(=O)(=O)CCN1CC(=O)c1cccs1. The van der Waals surface area contributed by atoms with Crippen molar-refractivity contribution in [3.8, 4) is 0 Å². The predicted octanol–water partition coefficient (Wildman–Crippen LogP) is 1.05. The van der Waals surface area contributed by atoms with Crippen molar-refractivity contribution in [3.63, 3.8) is 0 Å². The molecule has 0 radical (unpaired) electrons. The fourth-order valence-electron chi connectivity index (χ4n) is 1.97. The van der Waals surface area contributed by atoms with Crippen molar-refractivity contribution in [1.29, 1.82) is 0 Å². The van der Waals surface area contributed by atoms with E-state index in [1.165, 1.54) is 11.3 Å². The molecule has 0 aromatic carbocycles. The maximum atomic E-state index is 11.9. The van der Waals surface area contributed by atoms with Crippen LogP contribution < -0.4 is 0 Å². The van der Waals surface area contributed by atoms with Crippen LogP contribution in [-0.2, 0) is 9.84 Å². The Bertz CT molecular complexity index is 493. The molecule has 6 heteroatoms. The third-order valence-electron chi connectivity index (χ3n) is 2.95. The fourth-order valence-corrected chi connectivity index (χ4v) is 4.25. The lowest BCUT2D eigenvalue weighted by atomic mass is 10.2. The molecule has 1 saturated heterocycles. The quantitative estimate of drug-likeness (QED) is 0.773. The monoisotopic (exact) mass is 273 g/mol. The van der Waals surface area contributed by atoms with Crippen molar-refractivity contribution < 1.29 is 13.2 Å². The molecule has 1 aromatic heterocycles. The highest BCUT2D eigenvalue weighted by Crippen LogP contribution is 2.14. The first-order valence-corrected chi connectivity index (χ1v) is 8.19. The molecule has 1 fully saturated rings. The average molecular weight is 273 g/mol. The molecule has 0 spiro atoms. The summed E-state index contributed by atoms with van der Waals surface area (Å²) in [5, 5.41) is 1.87. The van der Waals surface area contributed by atoms with Crippen LogP contribution in [0, 0.1) is 0 Å². The van der Waals surface area contributed by atoms with E-state index in [-0.39, 0.29) is 23.3 Å². The summed E-state index contributed by atoms with van der Waals surface area (Å²) in [5.41, 5.74) is 0. The molecule has 4 nitrogen and oxygen atoms in total. The molecule has 17 heavy (non-hydrogen) atoms. The highest BCUT2D eigenvalue weighted by atomic mass is 32.2. The topological polar surface area (TPSA) is 54.5 Å². The van der Waals surface area contributed by atoms with Crippen molar-refractivity contribution in [1.82, 2.24) is 4.90 Å². The number of nitrogens with zero attached hydrogens (tertiary/aromatic N) is 1. The molecule has 1 atom stereocenters. The van der Waals surface area contributed by atoms with Crippen LogP contribution in [0.2, 0.25) is 0 Å².